The minimum Gasteiger partial charge on any atom is -0.355 e. The van der Waals surface area contributed by atoms with Crippen LogP contribution in [0.2, 0.25) is 0 Å². The molecular weight excluding hydrogens is 268 g/mol. The fourth-order valence-corrected chi connectivity index (χ4v) is 3.52. The first-order valence-electron chi connectivity index (χ1n) is 8.27. The maximum Gasteiger partial charge on any atom is 0.230 e. The van der Waals surface area contributed by atoms with Crippen molar-refractivity contribution in [3.63, 3.8) is 0 Å². The minimum atomic E-state index is 0.218. The Morgan fingerprint density at radius 1 is 1.20 bits per heavy atom. The van der Waals surface area contributed by atoms with E-state index in [2.05, 4.69) is 24.5 Å². The lowest BCUT2D eigenvalue weighted by atomic mass is 10.0. The van der Waals surface area contributed by atoms with Crippen molar-refractivity contribution in [1.29, 1.82) is 0 Å². The van der Waals surface area contributed by atoms with Crippen molar-refractivity contribution in [2.75, 3.05) is 25.4 Å². The molecule has 1 rings (SSSR count). The van der Waals surface area contributed by atoms with Crippen molar-refractivity contribution >= 4 is 17.7 Å². The Bertz CT molecular complexity index is 253. The van der Waals surface area contributed by atoms with Crippen LogP contribution in [0.3, 0.4) is 0 Å². The number of unbranched alkanes of at least 4 members (excludes halogenated alkanes) is 3. The summed E-state index contributed by atoms with van der Waals surface area (Å²) in [5.41, 5.74) is 0. The summed E-state index contributed by atoms with van der Waals surface area (Å²) in [6, 6.07) is 0. The Labute approximate surface area is 129 Å². The van der Waals surface area contributed by atoms with Crippen molar-refractivity contribution in [2.45, 2.75) is 64.0 Å². The summed E-state index contributed by atoms with van der Waals surface area (Å²) in [4.78, 5) is 11.7. The molecule has 0 saturated carbocycles. The van der Waals surface area contributed by atoms with E-state index in [1.807, 2.05) is 11.8 Å². The molecule has 0 radical (unpaired) electrons. The van der Waals surface area contributed by atoms with Crippen LogP contribution in [-0.4, -0.2) is 36.5 Å². The lowest BCUT2D eigenvalue weighted by Gasteiger charge is -2.21. The molecule has 0 aromatic heterocycles. The highest BCUT2D eigenvalue weighted by Gasteiger charge is 2.14. The van der Waals surface area contributed by atoms with E-state index in [0.29, 0.717) is 11.0 Å². The van der Waals surface area contributed by atoms with E-state index in [0.717, 1.165) is 32.0 Å². The van der Waals surface area contributed by atoms with Gasteiger partial charge in [-0.3, -0.25) is 4.79 Å². The Morgan fingerprint density at radius 3 is 2.60 bits per heavy atom. The molecule has 1 saturated heterocycles. The summed E-state index contributed by atoms with van der Waals surface area (Å²) in [6.07, 6.45) is 8.74. The van der Waals surface area contributed by atoms with Gasteiger partial charge in [0.2, 0.25) is 5.91 Å². The largest absolute Gasteiger partial charge is 0.355 e. The van der Waals surface area contributed by atoms with Crippen LogP contribution < -0.4 is 10.6 Å². The van der Waals surface area contributed by atoms with Gasteiger partial charge in [-0.05, 0) is 38.3 Å². The van der Waals surface area contributed by atoms with E-state index in [1.54, 1.807) is 0 Å². The summed E-state index contributed by atoms with van der Waals surface area (Å²) in [5, 5.41) is 7.08. The molecule has 0 aromatic carbocycles. The van der Waals surface area contributed by atoms with Crippen LogP contribution in [0.1, 0.15) is 58.8 Å². The number of hydrogen-bond donors (Lipinski definition) is 2. The number of thioether (sulfide) groups is 1. The van der Waals surface area contributed by atoms with E-state index in [9.17, 15) is 4.79 Å². The number of hydrogen-bond acceptors (Lipinski definition) is 3. The van der Waals surface area contributed by atoms with Gasteiger partial charge in [-0.25, -0.2) is 0 Å². The number of piperidine rings is 1. The lowest BCUT2D eigenvalue weighted by molar-refractivity contribution is -0.118. The molecule has 0 atom stereocenters. The van der Waals surface area contributed by atoms with E-state index in [-0.39, 0.29) is 5.91 Å². The molecule has 1 aliphatic rings. The second-order valence-electron chi connectivity index (χ2n) is 6.21. The smallest absolute Gasteiger partial charge is 0.230 e. The van der Waals surface area contributed by atoms with Crippen LogP contribution in [0.5, 0.6) is 0 Å². The number of carbonyl (C=O) groups is 1. The zero-order valence-corrected chi connectivity index (χ0v) is 14.1. The van der Waals surface area contributed by atoms with Crippen molar-refractivity contribution in [2.24, 2.45) is 5.92 Å². The van der Waals surface area contributed by atoms with E-state index in [4.69, 9.17) is 0 Å². The monoisotopic (exact) mass is 300 g/mol. The quantitative estimate of drug-likeness (QED) is 0.609. The van der Waals surface area contributed by atoms with Crippen molar-refractivity contribution < 1.29 is 4.79 Å². The highest BCUT2D eigenvalue weighted by Crippen LogP contribution is 2.19. The molecule has 0 aliphatic carbocycles. The van der Waals surface area contributed by atoms with Crippen LogP contribution in [0.25, 0.3) is 0 Å². The van der Waals surface area contributed by atoms with Crippen LogP contribution in [0.4, 0.5) is 0 Å². The summed E-state index contributed by atoms with van der Waals surface area (Å²) in [7, 11) is 0. The van der Waals surface area contributed by atoms with Crippen molar-refractivity contribution in [3.8, 4) is 0 Å². The van der Waals surface area contributed by atoms with Gasteiger partial charge in [0.1, 0.15) is 0 Å². The van der Waals surface area contributed by atoms with Crippen molar-refractivity contribution in [3.05, 3.63) is 0 Å². The number of nitrogens with one attached hydrogen (secondary N) is 2. The first-order valence-corrected chi connectivity index (χ1v) is 9.32. The molecule has 118 valence electrons. The Morgan fingerprint density at radius 2 is 1.90 bits per heavy atom. The van der Waals surface area contributed by atoms with Gasteiger partial charge in [-0.2, -0.15) is 0 Å². The second kappa shape index (κ2) is 11.4. The topological polar surface area (TPSA) is 41.1 Å². The van der Waals surface area contributed by atoms with Crippen LogP contribution in [0.15, 0.2) is 0 Å². The summed E-state index contributed by atoms with van der Waals surface area (Å²) >= 11 is 1.83. The second-order valence-corrected chi connectivity index (χ2v) is 7.50. The van der Waals surface area contributed by atoms with Gasteiger partial charge in [0.25, 0.3) is 0 Å². The van der Waals surface area contributed by atoms with Gasteiger partial charge >= 0.3 is 0 Å². The first-order chi connectivity index (χ1) is 9.68. The van der Waals surface area contributed by atoms with Crippen LogP contribution >= 0.6 is 11.8 Å². The highest BCUT2D eigenvalue weighted by atomic mass is 32.2. The van der Waals surface area contributed by atoms with Gasteiger partial charge in [0.15, 0.2) is 0 Å². The first kappa shape index (κ1) is 17.8. The molecule has 20 heavy (non-hydrogen) atoms. The van der Waals surface area contributed by atoms with Gasteiger partial charge in [-0.15, -0.1) is 11.8 Å². The molecule has 1 heterocycles. The molecule has 1 fully saturated rings. The van der Waals surface area contributed by atoms with E-state index in [1.165, 1.54) is 38.5 Å². The standard InChI is InChI=1S/C16H32N2OS/c1-14(2)7-5-3-4-6-10-18-16(19)13-20-15-8-11-17-12-9-15/h14-15,17H,3-13H2,1-2H3,(H,18,19). The third kappa shape index (κ3) is 9.65. The fourth-order valence-electron chi connectivity index (χ4n) is 2.47. The molecular formula is C16H32N2OS. The normalized spacial score (nSPS) is 16.6. The molecule has 3 nitrogen and oxygen atoms in total. The lowest BCUT2D eigenvalue weighted by Crippen LogP contribution is -2.31. The van der Waals surface area contributed by atoms with Crippen LogP contribution in [0, 0.1) is 5.92 Å². The van der Waals surface area contributed by atoms with Gasteiger partial charge < -0.3 is 10.6 Å². The van der Waals surface area contributed by atoms with Crippen molar-refractivity contribution in [1.82, 2.24) is 10.6 Å². The maximum absolute atomic E-state index is 11.7. The third-order valence-electron chi connectivity index (χ3n) is 3.77. The Balaban J connectivity index is 1.87. The Kier molecular flexibility index (Phi) is 10.2. The molecule has 1 aliphatic heterocycles. The average molecular weight is 301 g/mol. The predicted molar refractivity (Wildman–Crippen MR) is 89.3 cm³/mol. The summed E-state index contributed by atoms with van der Waals surface area (Å²) in [6.45, 7) is 7.62. The molecule has 4 heteroatoms. The SMILES string of the molecule is CC(C)CCCCCCNC(=O)CSC1CCNCC1. The zero-order valence-electron chi connectivity index (χ0n) is 13.2. The molecule has 0 aromatic rings. The average Bonchev–Trinajstić information content (AvgIpc) is 2.45. The summed E-state index contributed by atoms with van der Waals surface area (Å²) < 4.78 is 0. The van der Waals surface area contributed by atoms with Gasteiger partial charge in [0.05, 0.1) is 5.75 Å². The number of rotatable bonds is 10. The number of carbonyl (C=O) groups excluding carboxylic acids is 1. The maximum atomic E-state index is 11.7. The van der Waals surface area contributed by atoms with Crippen LogP contribution in [-0.2, 0) is 4.79 Å². The van der Waals surface area contributed by atoms with Gasteiger partial charge in [0, 0.05) is 11.8 Å². The Hall–Kier alpha value is -0.220. The fraction of sp³-hybridized carbons (Fsp3) is 0.938. The third-order valence-corrected chi connectivity index (χ3v) is 5.14. The molecule has 0 bridgehead atoms. The van der Waals surface area contributed by atoms with Gasteiger partial charge in [-0.1, -0.05) is 39.5 Å². The molecule has 0 spiro atoms. The molecule has 0 unspecified atom stereocenters. The highest BCUT2D eigenvalue weighted by molar-refractivity contribution is 8.00. The van der Waals surface area contributed by atoms with E-state index < -0.39 is 0 Å². The predicted octanol–water partition coefficient (Wildman–Crippen LogP) is 3.19. The number of amides is 1. The summed E-state index contributed by atoms with van der Waals surface area (Å²) in [5.74, 6) is 1.68. The molecule has 1 amide bonds. The minimum absolute atomic E-state index is 0.218. The molecule has 2 N–H and O–H groups in total. The van der Waals surface area contributed by atoms with E-state index >= 15 is 0 Å². The zero-order chi connectivity index (χ0) is 14.6.